The van der Waals surface area contributed by atoms with E-state index < -0.39 is 4.92 Å². The van der Waals surface area contributed by atoms with Gasteiger partial charge in [-0.1, -0.05) is 13.0 Å². The first-order valence-corrected chi connectivity index (χ1v) is 6.41. The SMILES string of the molecule is CC(CO)CSCc1ccc(N)c([N+](=O)[O-])c1. The molecule has 1 unspecified atom stereocenters. The maximum Gasteiger partial charge on any atom is 0.292 e. The largest absolute Gasteiger partial charge is 0.396 e. The second kappa shape index (κ2) is 6.46. The zero-order chi connectivity index (χ0) is 12.8. The fourth-order valence-electron chi connectivity index (χ4n) is 1.27. The van der Waals surface area contributed by atoms with Crippen LogP contribution >= 0.6 is 11.8 Å². The summed E-state index contributed by atoms with van der Waals surface area (Å²) in [5.41, 5.74) is 6.53. The monoisotopic (exact) mass is 256 g/mol. The highest BCUT2D eigenvalue weighted by molar-refractivity contribution is 7.98. The highest BCUT2D eigenvalue weighted by Gasteiger charge is 2.11. The molecule has 0 saturated carbocycles. The third kappa shape index (κ3) is 4.24. The van der Waals surface area contributed by atoms with Crippen LogP contribution in [0.1, 0.15) is 12.5 Å². The zero-order valence-corrected chi connectivity index (χ0v) is 10.4. The molecule has 1 atom stereocenters. The van der Waals surface area contributed by atoms with E-state index >= 15 is 0 Å². The van der Waals surface area contributed by atoms with Crippen LogP contribution in [-0.2, 0) is 5.75 Å². The van der Waals surface area contributed by atoms with Crippen LogP contribution in [0.3, 0.4) is 0 Å². The number of aliphatic hydroxyl groups is 1. The average molecular weight is 256 g/mol. The van der Waals surface area contributed by atoms with Gasteiger partial charge in [0.15, 0.2) is 0 Å². The van der Waals surface area contributed by atoms with Crippen molar-refractivity contribution in [2.24, 2.45) is 5.92 Å². The topological polar surface area (TPSA) is 89.4 Å². The lowest BCUT2D eigenvalue weighted by Crippen LogP contribution is -2.03. The van der Waals surface area contributed by atoms with Gasteiger partial charge in [-0.2, -0.15) is 11.8 Å². The minimum atomic E-state index is -0.472. The molecule has 0 fully saturated rings. The van der Waals surface area contributed by atoms with Crippen molar-refractivity contribution in [3.63, 3.8) is 0 Å². The zero-order valence-electron chi connectivity index (χ0n) is 9.63. The highest BCUT2D eigenvalue weighted by atomic mass is 32.2. The molecule has 0 aromatic heterocycles. The van der Waals surface area contributed by atoms with Crippen molar-refractivity contribution < 1.29 is 10.0 Å². The predicted molar refractivity (Wildman–Crippen MR) is 69.9 cm³/mol. The fraction of sp³-hybridized carbons (Fsp3) is 0.455. The normalized spacial score (nSPS) is 12.4. The predicted octanol–water partition coefficient (Wildman–Crippen LogP) is 2.04. The molecule has 0 spiro atoms. The summed E-state index contributed by atoms with van der Waals surface area (Å²) in [6.07, 6.45) is 0. The van der Waals surface area contributed by atoms with Crippen molar-refractivity contribution in [1.29, 1.82) is 0 Å². The van der Waals surface area contributed by atoms with Crippen molar-refractivity contribution >= 4 is 23.1 Å². The van der Waals surface area contributed by atoms with Gasteiger partial charge in [0.1, 0.15) is 5.69 Å². The van der Waals surface area contributed by atoms with Crippen molar-refractivity contribution in [3.8, 4) is 0 Å². The minimum Gasteiger partial charge on any atom is -0.396 e. The molecule has 0 saturated heterocycles. The third-order valence-corrected chi connectivity index (χ3v) is 3.62. The first-order chi connectivity index (χ1) is 8.04. The minimum absolute atomic E-state index is 0.0432. The van der Waals surface area contributed by atoms with Gasteiger partial charge in [-0.25, -0.2) is 0 Å². The van der Waals surface area contributed by atoms with Crippen molar-refractivity contribution in [2.45, 2.75) is 12.7 Å². The number of nitrogens with zero attached hydrogens (tertiary/aromatic N) is 1. The Morgan fingerprint density at radius 3 is 2.88 bits per heavy atom. The van der Waals surface area contributed by atoms with Crippen LogP contribution in [0.15, 0.2) is 18.2 Å². The Balaban J connectivity index is 2.60. The number of nitrogens with two attached hydrogens (primary N) is 1. The molecule has 0 bridgehead atoms. The summed E-state index contributed by atoms with van der Waals surface area (Å²) in [6.45, 7) is 2.12. The van der Waals surface area contributed by atoms with Gasteiger partial charge in [0.05, 0.1) is 4.92 Å². The van der Waals surface area contributed by atoms with E-state index in [1.54, 1.807) is 23.9 Å². The molecule has 17 heavy (non-hydrogen) atoms. The van der Waals surface area contributed by atoms with Crippen LogP contribution in [0.25, 0.3) is 0 Å². The van der Waals surface area contributed by atoms with E-state index in [0.29, 0.717) is 5.75 Å². The number of hydrogen-bond acceptors (Lipinski definition) is 5. The summed E-state index contributed by atoms with van der Waals surface area (Å²) in [5, 5.41) is 19.6. The Bertz CT molecular complexity index is 398. The van der Waals surface area contributed by atoms with Crippen LogP contribution in [-0.4, -0.2) is 22.4 Å². The van der Waals surface area contributed by atoms with E-state index in [2.05, 4.69) is 0 Å². The van der Waals surface area contributed by atoms with Crippen LogP contribution in [0.4, 0.5) is 11.4 Å². The molecule has 0 radical (unpaired) electrons. The Kier molecular flexibility index (Phi) is 5.24. The lowest BCUT2D eigenvalue weighted by molar-refractivity contribution is -0.383. The van der Waals surface area contributed by atoms with Gasteiger partial charge in [0.2, 0.25) is 0 Å². The molecular formula is C11H16N2O3S. The standard InChI is InChI=1S/C11H16N2O3S/c1-8(5-14)6-17-7-9-2-3-10(12)11(4-9)13(15)16/h2-4,8,14H,5-7,12H2,1H3. The molecule has 5 nitrogen and oxygen atoms in total. The third-order valence-electron chi connectivity index (χ3n) is 2.27. The molecule has 6 heteroatoms. The first kappa shape index (κ1) is 13.8. The fourth-order valence-corrected chi connectivity index (χ4v) is 2.31. The number of anilines is 1. The number of nitrogen functional groups attached to an aromatic ring is 1. The smallest absolute Gasteiger partial charge is 0.292 e. The average Bonchev–Trinajstić information content (AvgIpc) is 2.30. The molecule has 0 aliphatic carbocycles. The lowest BCUT2D eigenvalue weighted by atomic mass is 10.2. The van der Waals surface area contributed by atoms with Crippen LogP contribution in [0.5, 0.6) is 0 Å². The molecule has 1 rings (SSSR count). The van der Waals surface area contributed by atoms with Gasteiger partial charge in [0, 0.05) is 18.4 Å². The maximum atomic E-state index is 10.7. The number of nitro benzene ring substituents is 1. The van der Waals surface area contributed by atoms with E-state index in [1.807, 2.05) is 6.92 Å². The van der Waals surface area contributed by atoms with E-state index in [9.17, 15) is 10.1 Å². The summed E-state index contributed by atoms with van der Waals surface area (Å²) in [4.78, 5) is 10.2. The Hall–Kier alpha value is -1.27. The lowest BCUT2D eigenvalue weighted by Gasteiger charge is -2.07. The maximum absolute atomic E-state index is 10.7. The van der Waals surface area contributed by atoms with Crippen LogP contribution in [0, 0.1) is 16.0 Å². The summed E-state index contributed by atoms with van der Waals surface area (Å²) < 4.78 is 0. The molecule has 0 heterocycles. The van der Waals surface area contributed by atoms with E-state index in [1.165, 1.54) is 6.07 Å². The number of benzene rings is 1. The molecule has 3 N–H and O–H groups in total. The van der Waals surface area contributed by atoms with E-state index in [0.717, 1.165) is 11.3 Å². The van der Waals surface area contributed by atoms with Gasteiger partial charge in [0.25, 0.3) is 5.69 Å². The van der Waals surface area contributed by atoms with Gasteiger partial charge in [-0.3, -0.25) is 10.1 Å². The van der Waals surface area contributed by atoms with Crippen molar-refractivity contribution in [1.82, 2.24) is 0 Å². The molecule has 0 aliphatic heterocycles. The summed E-state index contributed by atoms with van der Waals surface area (Å²) >= 11 is 1.64. The molecule has 0 amide bonds. The number of hydrogen-bond donors (Lipinski definition) is 2. The summed E-state index contributed by atoms with van der Waals surface area (Å²) in [5.74, 6) is 1.75. The Morgan fingerprint density at radius 2 is 2.29 bits per heavy atom. The number of rotatable bonds is 6. The Morgan fingerprint density at radius 1 is 1.59 bits per heavy atom. The second-order valence-electron chi connectivity index (χ2n) is 3.95. The van der Waals surface area contributed by atoms with Crippen LogP contribution in [0.2, 0.25) is 0 Å². The van der Waals surface area contributed by atoms with Gasteiger partial charge < -0.3 is 10.8 Å². The number of thioether (sulfide) groups is 1. The molecule has 1 aromatic rings. The Labute approximate surface area is 104 Å². The molecular weight excluding hydrogens is 240 g/mol. The molecule has 94 valence electrons. The first-order valence-electron chi connectivity index (χ1n) is 5.26. The van der Waals surface area contributed by atoms with Crippen molar-refractivity contribution in [3.05, 3.63) is 33.9 Å². The van der Waals surface area contributed by atoms with Gasteiger partial charge in [-0.05, 0) is 23.3 Å². The summed E-state index contributed by atoms with van der Waals surface area (Å²) in [6, 6.07) is 4.86. The molecule has 0 aliphatic rings. The quantitative estimate of drug-likeness (QED) is 0.462. The van der Waals surface area contributed by atoms with Gasteiger partial charge in [-0.15, -0.1) is 0 Å². The number of nitro groups is 1. The number of aliphatic hydroxyl groups excluding tert-OH is 1. The van der Waals surface area contributed by atoms with E-state index in [4.69, 9.17) is 10.8 Å². The van der Waals surface area contributed by atoms with E-state index in [-0.39, 0.29) is 23.9 Å². The van der Waals surface area contributed by atoms with Gasteiger partial charge >= 0.3 is 0 Å². The summed E-state index contributed by atoms with van der Waals surface area (Å²) in [7, 11) is 0. The second-order valence-corrected chi connectivity index (χ2v) is 4.98. The highest BCUT2D eigenvalue weighted by Crippen LogP contribution is 2.25. The molecule has 1 aromatic carbocycles. The van der Waals surface area contributed by atoms with Crippen LogP contribution < -0.4 is 5.73 Å². The van der Waals surface area contributed by atoms with Crippen molar-refractivity contribution in [2.75, 3.05) is 18.1 Å².